The van der Waals surface area contributed by atoms with Gasteiger partial charge in [-0.05, 0) is 31.9 Å². The van der Waals surface area contributed by atoms with Gasteiger partial charge >= 0.3 is 0 Å². The second-order valence-electron chi connectivity index (χ2n) is 5.02. The van der Waals surface area contributed by atoms with E-state index in [1.807, 2.05) is 38.1 Å². The predicted molar refractivity (Wildman–Crippen MR) is 87.3 cm³/mol. The molecule has 0 atom stereocenters. The van der Waals surface area contributed by atoms with Crippen molar-refractivity contribution < 1.29 is 9.59 Å². The van der Waals surface area contributed by atoms with E-state index in [1.54, 1.807) is 0 Å². The molecule has 0 aromatic heterocycles. The Bertz CT molecular complexity index is 464. The van der Waals surface area contributed by atoms with Gasteiger partial charge in [-0.25, -0.2) is 0 Å². The smallest absolute Gasteiger partial charge is 0.221 e. The van der Waals surface area contributed by atoms with Gasteiger partial charge in [0.15, 0.2) is 0 Å². The second kappa shape index (κ2) is 10.0. The second-order valence-corrected chi connectivity index (χ2v) is 5.02. The van der Waals surface area contributed by atoms with Crippen LogP contribution in [0.15, 0.2) is 24.3 Å². The number of carbonyl (C=O) groups is 2. The van der Waals surface area contributed by atoms with Crippen molar-refractivity contribution in [1.82, 2.24) is 10.6 Å². The monoisotopic (exact) mass is 313 g/mol. The fourth-order valence-electron chi connectivity index (χ4n) is 1.81. The van der Waals surface area contributed by atoms with Crippen molar-refractivity contribution in [3.8, 4) is 0 Å². The van der Waals surface area contributed by atoms with Gasteiger partial charge in [-0.1, -0.05) is 18.2 Å². The maximum absolute atomic E-state index is 11.6. The van der Waals surface area contributed by atoms with Gasteiger partial charge in [0.2, 0.25) is 11.8 Å². The quantitative estimate of drug-likeness (QED) is 0.669. The molecule has 2 amide bonds. The third-order valence-electron chi connectivity index (χ3n) is 2.80. The lowest BCUT2D eigenvalue weighted by atomic mass is 10.1. The normalized spacial score (nSPS) is 9.86. The average molecular weight is 314 g/mol. The lowest BCUT2D eigenvalue weighted by Crippen LogP contribution is -2.34. The van der Waals surface area contributed by atoms with E-state index in [4.69, 9.17) is 5.73 Å². The van der Waals surface area contributed by atoms with Crippen LogP contribution in [0.25, 0.3) is 0 Å². The molecule has 0 saturated heterocycles. The molecule has 21 heavy (non-hydrogen) atoms. The summed E-state index contributed by atoms with van der Waals surface area (Å²) in [6, 6.07) is 7.63. The Morgan fingerprint density at radius 3 is 2.43 bits per heavy atom. The Labute approximate surface area is 132 Å². The van der Waals surface area contributed by atoms with Crippen molar-refractivity contribution in [2.24, 2.45) is 0 Å². The van der Waals surface area contributed by atoms with E-state index in [0.717, 1.165) is 5.56 Å². The molecule has 0 bridgehead atoms. The zero-order valence-corrected chi connectivity index (χ0v) is 13.3. The standard InChI is InChI=1S/C15H23N3O2.ClH/c1-11(2)18-15(20)9-10-17-14(19)8-7-12-5-3-4-6-13(12)16;/h3-6,11H,7-10,16H2,1-2H3,(H,17,19)(H,18,20);1H. The van der Waals surface area contributed by atoms with Crippen LogP contribution < -0.4 is 16.4 Å². The number of carbonyl (C=O) groups excluding carboxylic acids is 2. The summed E-state index contributed by atoms with van der Waals surface area (Å²) >= 11 is 0. The fraction of sp³-hybridized carbons (Fsp3) is 0.467. The molecule has 4 N–H and O–H groups in total. The van der Waals surface area contributed by atoms with Gasteiger partial charge in [-0.2, -0.15) is 0 Å². The molecule has 0 heterocycles. The van der Waals surface area contributed by atoms with Gasteiger partial charge in [0.1, 0.15) is 0 Å². The summed E-state index contributed by atoms with van der Waals surface area (Å²) in [4.78, 5) is 23.0. The summed E-state index contributed by atoms with van der Waals surface area (Å²) in [5.41, 5.74) is 7.49. The van der Waals surface area contributed by atoms with Crippen LogP contribution in [-0.2, 0) is 16.0 Å². The minimum Gasteiger partial charge on any atom is -0.399 e. The number of nitrogens with two attached hydrogens (primary N) is 1. The van der Waals surface area contributed by atoms with Gasteiger partial charge < -0.3 is 16.4 Å². The van der Waals surface area contributed by atoms with Crippen LogP contribution in [0.4, 0.5) is 5.69 Å². The summed E-state index contributed by atoms with van der Waals surface area (Å²) in [6.45, 7) is 4.17. The lowest BCUT2D eigenvalue weighted by Gasteiger charge is -2.09. The number of aryl methyl sites for hydroxylation is 1. The fourth-order valence-corrected chi connectivity index (χ4v) is 1.81. The van der Waals surface area contributed by atoms with Crippen molar-refractivity contribution in [1.29, 1.82) is 0 Å². The topological polar surface area (TPSA) is 84.2 Å². The molecule has 0 saturated carbocycles. The third-order valence-corrected chi connectivity index (χ3v) is 2.80. The van der Waals surface area contributed by atoms with Gasteiger partial charge in [0.05, 0.1) is 0 Å². The number of hydrogen-bond acceptors (Lipinski definition) is 3. The van der Waals surface area contributed by atoms with Crippen LogP contribution in [0.5, 0.6) is 0 Å². The molecule has 118 valence electrons. The summed E-state index contributed by atoms with van der Waals surface area (Å²) < 4.78 is 0. The number of halogens is 1. The molecule has 5 nitrogen and oxygen atoms in total. The minimum absolute atomic E-state index is 0. The highest BCUT2D eigenvalue weighted by molar-refractivity contribution is 5.85. The third kappa shape index (κ3) is 8.19. The van der Waals surface area contributed by atoms with Crippen LogP contribution in [0.2, 0.25) is 0 Å². The van der Waals surface area contributed by atoms with Crippen molar-refractivity contribution in [2.45, 2.75) is 39.2 Å². The minimum atomic E-state index is -0.0643. The number of rotatable bonds is 7. The number of benzene rings is 1. The lowest BCUT2D eigenvalue weighted by molar-refractivity contribution is -0.122. The first-order valence-corrected chi connectivity index (χ1v) is 6.88. The summed E-state index contributed by atoms with van der Waals surface area (Å²) in [7, 11) is 0. The molecular formula is C15H24ClN3O2. The van der Waals surface area contributed by atoms with Crippen molar-refractivity contribution >= 4 is 29.9 Å². The number of hydrogen-bond donors (Lipinski definition) is 3. The first-order valence-electron chi connectivity index (χ1n) is 6.88. The number of anilines is 1. The van der Waals surface area contributed by atoms with Gasteiger partial charge in [-0.15, -0.1) is 12.4 Å². The first-order chi connectivity index (χ1) is 9.49. The van der Waals surface area contributed by atoms with Gasteiger partial charge in [0.25, 0.3) is 0 Å². The molecule has 1 aromatic rings. The zero-order chi connectivity index (χ0) is 15.0. The number of amides is 2. The van der Waals surface area contributed by atoms with E-state index in [-0.39, 0.29) is 30.3 Å². The zero-order valence-electron chi connectivity index (χ0n) is 12.5. The van der Waals surface area contributed by atoms with Crippen molar-refractivity contribution in [3.05, 3.63) is 29.8 Å². The van der Waals surface area contributed by atoms with E-state index in [1.165, 1.54) is 0 Å². The maximum atomic E-state index is 11.6. The Morgan fingerprint density at radius 2 is 1.81 bits per heavy atom. The van der Waals surface area contributed by atoms with Crippen LogP contribution in [0.3, 0.4) is 0 Å². The van der Waals surface area contributed by atoms with E-state index in [0.29, 0.717) is 31.5 Å². The van der Waals surface area contributed by atoms with Crippen molar-refractivity contribution in [3.63, 3.8) is 0 Å². The number of nitrogen functional groups attached to an aromatic ring is 1. The van der Waals surface area contributed by atoms with Crippen LogP contribution in [0.1, 0.15) is 32.3 Å². The summed E-state index contributed by atoms with van der Waals surface area (Å²) in [5.74, 6) is -0.113. The number of nitrogens with one attached hydrogen (secondary N) is 2. The molecule has 0 radical (unpaired) electrons. The Balaban J connectivity index is 0.00000400. The SMILES string of the molecule is CC(C)NC(=O)CCNC(=O)CCc1ccccc1N.Cl. The van der Waals surface area contributed by atoms with Crippen LogP contribution >= 0.6 is 12.4 Å². The van der Waals surface area contributed by atoms with Crippen LogP contribution in [0, 0.1) is 0 Å². The van der Waals surface area contributed by atoms with Gasteiger partial charge in [0, 0.05) is 31.1 Å². The van der Waals surface area contributed by atoms with E-state index >= 15 is 0 Å². The highest BCUT2D eigenvalue weighted by Gasteiger charge is 2.06. The molecular weight excluding hydrogens is 290 g/mol. The molecule has 1 aromatic carbocycles. The molecule has 0 fully saturated rings. The molecule has 0 aliphatic heterocycles. The first kappa shape index (κ1) is 19.2. The van der Waals surface area contributed by atoms with Crippen LogP contribution in [-0.4, -0.2) is 24.4 Å². The largest absolute Gasteiger partial charge is 0.399 e. The summed E-state index contributed by atoms with van der Waals surface area (Å²) in [5, 5.41) is 5.51. The predicted octanol–water partition coefficient (Wildman–Crippen LogP) is 1.65. The van der Waals surface area contributed by atoms with E-state index in [9.17, 15) is 9.59 Å². The molecule has 0 aliphatic carbocycles. The Morgan fingerprint density at radius 1 is 1.14 bits per heavy atom. The molecule has 1 rings (SSSR count). The number of para-hydroxylation sites is 1. The Hall–Kier alpha value is -1.75. The molecule has 0 spiro atoms. The molecule has 6 heteroatoms. The highest BCUT2D eigenvalue weighted by Crippen LogP contribution is 2.12. The van der Waals surface area contributed by atoms with Crippen molar-refractivity contribution in [2.75, 3.05) is 12.3 Å². The molecule has 0 aliphatic rings. The maximum Gasteiger partial charge on any atom is 0.221 e. The molecule has 0 unspecified atom stereocenters. The van der Waals surface area contributed by atoms with E-state index in [2.05, 4.69) is 10.6 Å². The van der Waals surface area contributed by atoms with E-state index < -0.39 is 0 Å². The summed E-state index contributed by atoms with van der Waals surface area (Å²) in [6.07, 6.45) is 1.29. The average Bonchev–Trinajstić information content (AvgIpc) is 2.37. The Kier molecular flexibility index (Phi) is 9.21. The van der Waals surface area contributed by atoms with Gasteiger partial charge in [-0.3, -0.25) is 9.59 Å². The highest BCUT2D eigenvalue weighted by atomic mass is 35.5.